The van der Waals surface area contributed by atoms with Crippen molar-refractivity contribution >= 4 is 11.9 Å². The number of hydrogen-bond acceptors (Lipinski definition) is 4. The van der Waals surface area contributed by atoms with E-state index in [1.54, 1.807) is 6.92 Å². The van der Waals surface area contributed by atoms with Crippen molar-refractivity contribution in [3.8, 4) is 0 Å². The van der Waals surface area contributed by atoms with Crippen molar-refractivity contribution in [1.29, 1.82) is 0 Å². The molecule has 0 bridgehead atoms. The molecule has 0 aromatic rings. The highest BCUT2D eigenvalue weighted by atomic mass is 16.6. The fraction of sp³-hybridized carbons (Fsp3) is 0.846. The zero-order valence-corrected chi connectivity index (χ0v) is 11.1. The number of cyclic esters (lactones) is 1. The monoisotopic (exact) mass is 242 g/mol. The SMILES string of the molecule is CCC(C)C(=O)OC(C)C1CC(CC)C(=O)O1. The van der Waals surface area contributed by atoms with Gasteiger partial charge in [0.2, 0.25) is 0 Å². The Balaban J connectivity index is 2.47. The highest BCUT2D eigenvalue weighted by molar-refractivity contribution is 5.75. The molecule has 1 aliphatic heterocycles. The summed E-state index contributed by atoms with van der Waals surface area (Å²) in [4.78, 5) is 23.0. The molecule has 0 radical (unpaired) electrons. The third-order valence-electron chi connectivity index (χ3n) is 3.45. The summed E-state index contributed by atoms with van der Waals surface area (Å²) >= 11 is 0. The van der Waals surface area contributed by atoms with Crippen LogP contribution in [0.1, 0.15) is 47.0 Å². The maximum absolute atomic E-state index is 11.6. The van der Waals surface area contributed by atoms with Crippen molar-refractivity contribution < 1.29 is 19.1 Å². The first-order chi connectivity index (χ1) is 7.99. The molecule has 0 aliphatic carbocycles. The second-order valence-corrected chi connectivity index (χ2v) is 4.77. The number of carbonyl (C=O) groups is 2. The summed E-state index contributed by atoms with van der Waals surface area (Å²) in [6.45, 7) is 7.53. The summed E-state index contributed by atoms with van der Waals surface area (Å²) in [5.74, 6) is -0.513. The van der Waals surface area contributed by atoms with E-state index in [4.69, 9.17) is 9.47 Å². The first kappa shape index (κ1) is 14.0. The number of ether oxygens (including phenoxy) is 2. The number of hydrogen-bond donors (Lipinski definition) is 0. The van der Waals surface area contributed by atoms with Crippen molar-refractivity contribution in [3.05, 3.63) is 0 Å². The first-order valence-corrected chi connectivity index (χ1v) is 6.40. The van der Waals surface area contributed by atoms with Gasteiger partial charge in [0.15, 0.2) is 0 Å². The van der Waals surface area contributed by atoms with Gasteiger partial charge in [0, 0.05) is 6.42 Å². The largest absolute Gasteiger partial charge is 0.459 e. The molecule has 1 rings (SSSR count). The Morgan fingerprint density at radius 3 is 2.59 bits per heavy atom. The van der Waals surface area contributed by atoms with Gasteiger partial charge >= 0.3 is 11.9 Å². The minimum absolute atomic E-state index is 0.0373. The minimum Gasteiger partial charge on any atom is -0.459 e. The summed E-state index contributed by atoms with van der Waals surface area (Å²) in [6.07, 6.45) is 1.57. The van der Waals surface area contributed by atoms with Crippen LogP contribution in [0.25, 0.3) is 0 Å². The molecular formula is C13H22O4. The Labute approximate surface area is 103 Å². The summed E-state index contributed by atoms with van der Waals surface area (Å²) in [5, 5.41) is 0. The van der Waals surface area contributed by atoms with Gasteiger partial charge in [-0.05, 0) is 19.8 Å². The third kappa shape index (κ3) is 3.45. The maximum Gasteiger partial charge on any atom is 0.309 e. The van der Waals surface area contributed by atoms with E-state index in [-0.39, 0.29) is 36.0 Å². The van der Waals surface area contributed by atoms with Crippen LogP contribution >= 0.6 is 0 Å². The average Bonchev–Trinajstić information content (AvgIpc) is 2.69. The van der Waals surface area contributed by atoms with Crippen LogP contribution in [0, 0.1) is 11.8 Å². The van der Waals surface area contributed by atoms with Gasteiger partial charge in [-0.15, -0.1) is 0 Å². The van der Waals surface area contributed by atoms with Gasteiger partial charge in [0.05, 0.1) is 11.8 Å². The van der Waals surface area contributed by atoms with E-state index in [1.807, 2.05) is 20.8 Å². The standard InChI is InChI=1S/C13H22O4/c1-5-8(3)12(14)16-9(4)11-7-10(6-2)13(15)17-11/h8-11H,5-7H2,1-4H3. The second kappa shape index (κ2) is 6.03. The molecule has 1 fully saturated rings. The lowest BCUT2D eigenvalue weighted by atomic mass is 10.0. The number of rotatable bonds is 5. The molecule has 1 saturated heterocycles. The predicted octanol–water partition coefficient (Wildman–Crippen LogP) is 2.31. The average molecular weight is 242 g/mol. The lowest BCUT2D eigenvalue weighted by molar-refractivity contribution is -0.163. The van der Waals surface area contributed by atoms with E-state index >= 15 is 0 Å². The van der Waals surface area contributed by atoms with Gasteiger partial charge in [-0.2, -0.15) is 0 Å². The van der Waals surface area contributed by atoms with Crippen LogP contribution < -0.4 is 0 Å². The molecule has 4 nitrogen and oxygen atoms in total. The predicted molar refractivity (Wildman–Crippen MR) is 63.3 cm³/mol. The van der Waals surface area contributed by atoms with Crippen LogP contribution in [0.3, 0.4) is 0 Å². The van der Waals surface area contributed by atoms with Crippen molar-refractivity contribution in [3.63, 3.8) is 0 Å². The second-order valence-electron chi connectivity index (χ2n) is 4.77. The molecule has 4 heteroatoms. The summed E-state index contributed by atoms with van der Waals surface area (Å²) in [6, 6.07) is 0. The van der Waals surface area contributed by atoms with Crippen molar-refractivity contribution in [2.24, 2.45) is 11.8 Å². The molecule has 0 saturated carbocycles. The van der Waals surface area contributed by atoms with Crippen LogP contribution in [-0.2, 0) is 19.1 Å². The fourth-order valence-corrected chi connectivity index (χ4v) is 1.83. The van der Waals surface area contributed by atoms with Crippen LogP contribution in [0.5, 0.6) is 0 Å². The van der Waals surface area contributed by atoms with E-state index in [1.165, 1.54) is 0 Å². The summed E-state index contributed by atoms with van der Waals surface area (Å²) in [7, 11) is 0. The van der Waals surface area contributed by atoms with Crippen molar-refractivity contribution in [1.82, 2.24) is 0 Å². The van der Waals surface area contributed by atoms with Crippen LogP contribution in [0.2, 0.25) is 0 Å². The molecule has 98 valence electrons. The van der Waals surface area contributed by atoms with Crippen LogP contribution in [-0.4, -0.2) is 24.1 Å². The van der Waals surface area contributed by atoms with E-state index < -0.39 is 0 Å². The van der Waals surface area contributed by atoms with Gasteiger partial charge in [-0.3, -0.25) is 9.59 Å². The highest BCUT2D eigenvalue weighted by Gasteiger charge is 2.37. The van der Waals surface area contributed by atoms with Gasteiger partial charge in [-0.25, -0.2) is 0 Å². The Morgan fingerprint density at radius 1 is 1.47 bits per heavy atom. The van der Waals surface area contributed by atoms with Gasteiger partial charge in [-0.1, -0.05) is 20.8 Å². The normalized spacial score (nSPS) is 27.4. The lowest BCUT2D eigenvalue weighted by Crippen LogP contribution is -2.30. The minimum atomic E-state index is -0.350. The van der Waals surface area contributed by atoms with Crippen molar-refractivity contribution in [2.45, 2.75) is 59.2 Å². The summed E-state index contributed by atoms with van der Waals surface area (Å²) in [5.41, 5.74) is 0. The first-order valence-electron chi connectivity index (χ1n) is 6.40. The molecule has 4 atom stereocenters. The van der Waals surface area contributed by atoms with E-state index in [9.17, 15) is 9.59 Å². The molecule has 0 N–H and O–H groups in total. The lowest BCUT2D eigenvalue weighted by Gasteiger charge is -2.20. The van der Waals surface area contributed by atoms with Gasteiger partial charge < -0.3 is 9.47 Å². The van der Waals surface area contributed by atoms with Gasteiger partial charge in [0.25, 0.3) is 0 Å². The summed E-state index contributed by atoms with van der Waals surface area (Å²) < 4.78 is 10.5. The Hall–Kier alpha value is -1.06. The molecule has 1 aliphatic rings. The molecule has 0 aromatic carbocycles. The Bertz CT molecular complexity index is 287. The maximum atomic E-state index is 11.6. The van der Waals surface area contributed by atoms with Crippen molar-refractivity contribution in [2.75, 3.05) is 0 Å². The van der Waals surface area contributed by atoms with Crippen LogP contribution in [0.15, 0.2) is 0 Å². The molecule has 0 spiro atoms. The van der Waals surface area contributed by atoms with E-state index in [2.05, 4.69) is 0 Å². The zero-order chi connectivity index (χ0) is 13.0. The van der Waals surface area contributed by atoms with Crippen LogP contribution in [0.4, 0.5) is 0 Å². The van der Waals surface area contributed by atoms with E-state index in [0.29, 0.717) is 6.42 Å². The zero-order valence-electron chi connectivity index (χ0n) is 11.1. The Morgan fingerprint density at radius 2 is 2.12 bits per heavy atom. The third-order valence-corrected chi connectivity index (χ3v) is 3.45. The quantitative estimate of drug-likeness (QED) is 0.694. The topological polar surface area (TPSA) is 52.6 Å². The molecule has 17 heavy (non-hydrogen) atoms. The molecular weight excluding hydrogens is 220 g/mol. The Kier molecular flexibility index (Phi) is 4.97. The smallest absolute Gasteiger partial charge is 0.309 e. The molecule has 0 amide bonds. The number of carbonyl (C=O) groups excluding carboxylic acids is 2. The molecule has 0 aromatic heterocycles. The fourth-order valence-electron chi connectivity index (χ4n) is 1.83. The highest BCUT2D eigenvalue weighted by Crippen LogP contribution is 2.27. The number of esters is 2. The van der Waals surface area contributed by atoms with E-state index in [0.717, 1.165) is 12.8 Å². The molecule has 4 unspecified atom stereocenters. The molecule has 1 heterocycles. The van der Waals surface area contributed by atoms with Gasteiger partial charge in [0.1, 0.15) is 12.2 Å².